The lowest BCUT2D eigenvalue weighted by Gasteiger charge is -2.11. The Hall–Kier alpha value is -3.06. The molecule has 0 fully saturated rings. The van der Waals surface area contributed by atoms with Gasteiger partial charge in [-0.15, -0.1) is 0 Å². The first-order chi connectivity index (χ1) is 13.3. The number of carbonyl (C=O) groups is 1. The number of benzene rings is 2. The van der Waals surface area contributed by atoms with Crippen LogP contribution in [0.15, 0.2) is 71.7 Å². The van der Waals surface area contributed by atoms with Crippen molar-refractivity contribution in [3.63, 3.8) is 0 Å². The summed E-state index contributed by atoms with van der Waals surface area (Å²) in [7, 11) is 0. The fourth-order valence-corrected chi connectivity index (χ4v) is 2.78. The molecule has 8 heteroatoms. The predicted molar refractivity (Wildman–Crippen MR) is 101 cm³/mol. The Balaban J connectivity index is 1.81. The van der Waals surface area contributed by atoms with Crippen LogP contribution >= 0.6 is 11.6 Å². The maximum Gasteiger partial charge on any atom is 0.416 e. The second-order valence-corrected chi connectivity index (χ2v) is 6.38. The largest absolute Gasteiger partial charge is 0.416 e. The molecule has 0 bridgehead atoms. The molecule has 0 atom stereocenters. The SMILES string of the molecule is O=C(Nc1ccc(C(F)(F)F)cc1)c1cccn(Cc2ccccc2Cl)c1=O. The zero-order chi connectivity index (χ0) is 20.3. The highest BCUT2D eigenvalue weighted by Gasteiger charge is 2.30. The van der Waals surface area contributed by atoms with E-state index in [9.17, 15) is 22.8 Å². The Morgan fingerprint density at radius 1 is 1.00 bits per heavy atom. The lowest BCUT2D eigenvalue weighted by Crippen LogP contribution is -2.29. The van der Waals surface area contributed by atoms with E-state index in [-0.39, 0.29) is 17.8 Å². The number of alkyl halides is 3. The van der Waals surface area contributed by atoms with E-state index in [1.807, 2.05) is 0 Å². The van der Waals surface area contributed by atoms with Crippen molar-refractivity contribution >= 4 is 23.2 Å². The maximum atomic E-state index is 12.6. The van der Waals surface area contributed by atoms with Gasteiger partial charge in [0.15, 0.2) is 0 Å². The van der Waals surface area contributed by atoms with E-state index in [0.29, 0.717) is 10.6 Å². The number of anilines is 1. The summed E-state index contributed by atoms with van der Waals surface area (Å²) in [4.78, 5) is 25.0. The number of pyridine rings is 1. The molecular weight excluding hydrogens is 393 g/mol. The summed E-state index contributed by atoms with van der Waals surface area (Å²) < 4.78 is 39.2. The highest BCUT2D eigenvalue weighted by molar-refractivity contribution is 6.31. The van der Waals surface area contributed by atoms with Gasteiger partial charge in [0.05, 0.1) is 12.1 Å². The number of nitrogens with one attached hydrogen (secondary N) is 1. The van der Waals surface area contributed by atoms with Crippen LogP contribution in [0.5, 0.6) is 0 Å². The molecule has 2 aromatic carbocycles. The molecule has 0 spiro atoms. The van der Waals surface area contributed by atoms with Crippen molar-refractivity contribution < 1.29 is 18.0 Å². The molecule has 1 N–H and O–H groups in total. The molecule has 144 valence electrons. The number of hydrogen-bond donors (Lipinski definition) is 1. The molecule has 0 unspecified atom stereocenters. The minimum Gasteiger partial charge on any atom is -0.322 e. The van der Waals surface area contributed by atoms with E-state index in [2.05, 4.69) is 5.32 Å². The van der Waals surface area contributed by atoms with E-state index in [0.717, 1.165) is 24.3 Å². The van der Waals surface area contributed by atoms with E-state index in [1.54, 1.807) is 30.3 Å². The zero-order valence-electron chi connectivity index (χ0n) is 14.3. The molecule has 3 aromatic rings. The molecule has 1 aromatic heterocycles. The Bertz CT molecular complexity index is 1060. The molecule has 0 radical (unpaired) electrons. The van der Waals surface area contributed by atoms with Gasteiger partial charge < -0.3 is 9.88 Å². The highest BCUT2D eigenvalue weighted by Crippen LogP contribution is 2.29. The first kappa shape index (κ1) is 19.7. The Kier molecular flexibility index (Phi) is 5.56. The number of nitrogens with zero attached hydrogens (tertiary/aromatic N) is 1. The van der Waals surface area contributed by atoms with Crippen molar-refractivity contribution in [3.05, 3.63) is 98.9 Å². The van der Waals surface area contributed by atoms with E-state index in [4.69, 9.17) is 11.6 Å². The van der Waals surface area contributed by atoms with Crippen LogP contribution in [0, 0.1) is 0 Å². The molecule has 3 rings (SSSR count). The van der Waals surface area contributed by atoms with Gasteiger partial charge in [-0.2, -0.15) is 13.2 Å². The van der Waals surface area contributed by atoms with Crippen molar-refractivity contribution in [2.24, 2.45) is 0 Å². The van der Waals surface area contributed by atoms with Crippen molar-refractivity contribution in [3.8, 4) is 0 Å². The van der Waals surface area contributed by atoms with Gasteiger partial charge in [-0.3, -0.25) is 9.59 Å². The first-order valence-corrected chi connectivity index (χ1v) is 8.55. The van der Waals surface area contributed by atoms with E-state index >= 15 is 0 Å². The van der Waals surface area contributed by atoms with Crippen LogP contribution in [0.3, 0.4) is 0 Å². The number of hydrogen-bond acceptors (Lipinski definition) is 2. The normalized spacial score (nSPS) is 11.3. The summed E-state index contributed by atoms with van der Waals surface area (Å²) in [5.74, 6) is -0.710. The molecule has 0 aliphatic heterocycles. The van der Waals surface area contributed by atoms with Gasteiger partial charge in [0.25, 0.3) is 11.5 Å². The fraction of sp³-hybridized carbons (Fsp3) is 0.100. The van der Waals surface area contributed by atoms with Crippen LogP contribution in [0.4, 0.5) is 18.9 Å². The molecule has 4 nitrogen and oxygen atoms in total. The third-order valence-corrected chi connectivity index (χ3v) is 4.40. The van der Waals surface area contributed by atoms with Crippen molar-refractivity contribution in [1.29, 1.82) is 0 Å². The smallest absolute Gasteiger partial charge is 0.322 e. The van der Waals surface area contributed by atoms with Gasteiger partial charge in [0.2, 0.25) is 0 Å². The van der Waals surface area contributed by atoms with Crippen LogP contribution in [-0.4, -0.2) is 10.5 Å². The van der Waals surface area contributed by atoms with Gasteiger partial charge in [-0.25, -0.2) is 0 Å². The van der Waals surface area contributed by atoms with Gasteiger partial charge in [-0.1, -0.05) is 29.8 Å². The Morgan fingerprint density at radius 3 is 2.32 bits per heavy atom. The van der Waals surface area contributed by atoms with Gasteiger partial charge >= 0.3 is 6.18 Å². The third-order valence-electron chi connectivity index (χ3n) is 4.03. The second kappa shape index (κ2) is 7.90. The minimum atomic E-state index is -4.46. The first-order valence-electron chi connectivity index (χ1n) is 8.17. The van der Waals surface area contributed by atoms with Gasteiger partial charge in [0, 0.05) is 16.9 Å². The third kappa shape index (κ3) is 4.43. The monoisotopic (exact) mass is 406 g/mol. The number of amides is 1. The van der Waals surface area contributed by atoms with Crippen LogP contribution in [0.1, 0.15) is 21.5 Å². The zero-order valence-corrected chi connectivity index (χ0v) is 15.1. The summed E-state index contributed by atoms with van der Waals surface area (Å²) in [6.07, 6.45) is -2.94. The van der Waals surface area contributed by atoms with Crippen molar-refractivity contribution in [1.82, 2.24) is 4.57 Å². The molecule has 0 saturated heterocycles. The summed E-state index contributed by atoms with van der Waals surface area (Å²) >= 11 is 6.11. The fourth-order valence-electron chi connectivity index (χ4n) is 2.59. The van der Waals surface area contributed by atoms with Gasteiger partial charge in [0.1, 0.15) is 5.56 Å². The average Bonchev–Trinajstić information content (AvgIpc) is 2.65. The Labute approximate surface area is 163 Å². The second-order valence-electron chi connectivity index (χ2n) is 5.98. The molecule has 1 heterocycles. The summed E-state index contributed by atoms with van der Waals surface area (Å²) in [5.41, 5.74) is -0.626. The van der Waals surface area contributed by atoms with E-state index < -0.39 is 23.2 Å². The number of aromatic nitrogens is 1. The minimum absolute atomic E-state index is 0.130. The highest BCUT2D eigenvalue weighted by atomic mass is 35.5. The average molecular weight is 407 g/mol. The summed E-state index contributed by atoms with van der Waals surface area (Å²) in [5, 5.41) is 2.93. The summed E-state index contributed by atoms with van der Waals surface area (Å²) in [6, 6.07) is 13.9. The molecule has 28 heavy (non-hydrogen) atoms. The van der Waals surface area contributed by atoms with Gasteiger partial charge in [-0.05, 0) is 48.0 Å². The van der Waals surface area contributed by atoms with Crippen LogP contribution < -0.4 is 10.9 Å². The van der Waals surface area contributed by atoms with Crippen molar-refractivity contribution in [2.75, 3.05) is 5.32 Å². The summed E-state index contributed by atoms with van der Waals surface area (Å²) in [6.45, 7) is 0.180. The Morgan fingerprint density at radius 2 is 1.68 bits per heavy atom. The molecular formula is C20H14ClF3N2O2. The molecule has 1 amide bonds. The number of halogens is 4. The predicted octanol–water partition coefficient (Wildman–Crippen LogP) is 4.82. The van der Waals surface area contributed by atoms with E-state index in [1.165, 1.54) is 16.8 Å². The number of carbonyl (C=O) groups excluding carboxylic acids is 1. The lowest BCUT2D eigenvalue weighted by atomic mass is 10.2. The molecule has 0 saturated carbocycles. The number of rotatable bonds is 4. The topological polar surface area (TPSA) is 51.1 Å². The maximum absolute atomic E-state index is 12.6. The molecule has 0 aliphatic carbocycles. The quantitative estimate of drug-likeness (QED) is 0.675. The van der Waals surface area contributed by atoms with Crippen LogP contribution in [-0.2, 0) is 12.7 Å². The molecule has 0 aliphatic rings. The standard InChI is InChI=1S/C20H14ClF3N2O2/c21-17-6-2-1-4-13(17)12-26-11-3-5-16(19(26)28)18(27)25-15-9-7-14(8-10-15)20(22,23)24/h1-11H,12H2,(H,25,27). The van der Waals surface area contributed by atoms with Crippen molar-refractivity contribution in [2.45, 2.75) is 12.7 Å². The van der Waals surface area contributed by atoms with Crippen LogP contribution in [0.25, 0.3) is 0 Å². The lowest BCUT2D eigenvalue weighted by molar-refractivity contribution is -0.137. The van der Waals surface area contributed by atoms with Crippen LogP contribution in [0.2, 0.25) is 5.02 Å².